The summed E-state index contributed by atoms with van der Waals surface area (Å²) in [6.07, 6.45) is -4.78. The van der Waals surface area contributed by atoms with Crippen molar-refractivity contribution in [3.8, 4) is 6.07 Å². The van der Waals surface area contributed by atoms with Gasteiger partial charge in [-0.2, -0.15) is 18.4 Å². The third-order valence-corrected chi connectivity index (χ3v) is 5.58. The fourth-order valence-corrected chi connectivity index (χ4v) is 4.10. The number of nitriles is 1. The molecule has 1 amide bonds. The molecule has 2 aromatic carbocycles. The summed E-state index contributed by atoms with van der Waals surface area (Å²) < 4.78 is 54.8. The van der Waals surface area contributed by atoms with Gasteiger partial charge in [0, 0.05) is 5.69 Å². The predicted molar refractivity (Wildman–Crippen MR) is 113 cm³/mol. The molecule has 162 valence electrons. The molecule has 0 atom stereocenters. The quantitative estimate of drug-likeness (QED) is 0.442. The summed E-state index contributed by atoms with van der Waals surface area (Å²) in [5.74, 6) is -1.08. The van der Waals surface area contributed by atoms with Crippen LogP contribution in [0.25, 0.3) is 0 Å². The first-order valence-electron chi connectivity index (χ1n) is 9.40. The third kappa shape index (κ3) is 3.76. The van der Waals surface area contributed by atoms with Gasteiger partial charge in [0.15, 0.2) is 5.11 Å². The number of alkyl halides is 3. The Labute approximate surface area is 182 Å². The third-order valence-electron chi connectivity index (χ3n) is 5.22. The van der Waals surface area contributed by atoms with Crippen molar-refractivity contribution in [2.75, 3.05) is 9.80 Å². The molecule has 1 aliphatic rings. The first kappa shape index (κ1) is 22.7. The normalized spacial score (nSPS) is 16.3. The van der Waals surface area contributed by atoms with Crippen molar-refractivity contribution in [3.05, 3.63) is 58.9 Å². The molecule has 9 heteroatoms. The number of hydrogen-bond donors (Lipinski definition) is 0. The minimum absolute atomic E-state index is 0.0508. The molecule has 0 aliphatic carbocycles. The summed E-state index contributed by atoms with van der Waals surface area (Å²) in [4.78, 5) is 15.6. The Hall–Kier alpha value is -2.99. The van der Waals surface area contributed by atoms with Crippen LogP contribution in [0.5, 0.6) is 0 Å². The second-order valence-corrected chi connectivity index (χ2v) is 8.38. The van der Waals surface area contributed by atoms with Crippen LogP contribution in [0.3, 0.4) is 0 Å². The topological polar surface area (TPSA) is 47.3 Å². The van der Waals surface area contributed by atoms with Crippen LogP contribution in [0.4, 0.5) is 28.9 Å². The highest BCUT2D eigenvalue weighted by Crippen LogP contribution is 2.40. The number of nitrogens with zero attached hydrogens (tertiary/aromatic N) is 3. The standard InChI is InChI=1S/C22H19F4N3OS/c1-12(2)16-8-7-15(10-18(16)23)29-20(31)28(19(30)21(29,3)4)14-6-5-13(11-27)17(9-14)22(24,25)26/h5-10,12H,1-4H3. The van der Waals surface area contributed by atoms with Crippen LogP contribution >= 0.6 is 12.2 Å². The van der Waals surface area contributed by atoms with E-state index in [2.05, 4.69) is 0 Å². The molecule has 3 rings (SSSR count). The van der Waals surface area contributed by atoms with Crippen molar-refractivity contribution >= 4 is 34.6 Å². The largest absolute Gasteiger partial charge is 0.417 e. The molecule has 0 saturated carbocycles. The van der Waals surface area contributed by atoms with Gasteiger partial charge in [-0.3, -0.25) is 9.69 Å². The molecule has 2 aromatic rings. The highest BCUT2D eigenvalue weighted by atomic mass is 32.1. The summed E-state index contributed by atoms with van der Waals surface area (Å²) in [6, 6.07) is 8.96. The van der Waals surface area contributed by atoms with Gasteiger partial charge in [0.1, 0.15) is 11.4 Å². The van der Waals surface area contributed by atoms with Crippen LogP contribution in [0.2, 0.25) is 0 Å². The fourth-order valence-electron chi connectivity index (χ4n) is 3.58. The van der Waals surface area contributed by atoms with E-state index in [-0.39, 0.29) is 16.7 Å². The Bertz CT molecular complexity index is 1120. The molecule has 0 unspecified atom stereocenters. The molecular formula is C22H19F4N3OS. The Morgan fingerprint density at radius 3 is 2.23 bits per heavy atom. The van der Waals surface area contributed by atoms with E-state index in [1.54, 1.807) is 26.0 Å². The molecule has 1 fully saturated rings. The van der Waals surface area contributed by atoms with Crippen molar-refractivity contribution in [2.45, 2.75) is 45.3 Å². The van der Waals surface area contributed by atoms with E-state index in [1.165, 1.54) is 23.1 Å². The molecular weight excluding hydrogens is 430 g/mol. The van der Waals surface area contributed by atoms with Crippen LogP contribution < -0.4 is 9.80 Å². The first-order chi connectivity index (χ1) is 14.3. The molecule has 0 aromatic heterocycles. The molecule has 1 heterocycles. The van der Waals surface area contributed by atoms with Crippen molar-refractivity contribution < 1.29 is 22.4 Å². The number of benzene rings is 2. The number of halogens is 4. The van der Waals surface area contributed by atoms with Gasteiger partial charge in [0.2, 0.25) is 0 Å². The molecule has 1 saturated heterocycles. The number of rotatable bonds is 3. The van der Waals surface area contributed by atoms with E-state index in [4.69, 9.17) is 17.5 Å². The summed E-state index contributed by atoms with van der Waals surface area (Å²) in [6.45, 7) is 6.81. The van der Waals surface area contributed by atoms with Crippen LogP contribution in [-0.2, 0) is 11.0 Å². The maximum atomic E-state index is 14.6. The lowest BCUT2D eigenvalue weighted by Gasteiger charge is -2.29. The van der Waals surface area contributed by atoms with Crippen molar-refractivity contribution in [3.63, 3.8) is 0 Å². The SMILES string of the molecule is CC(C)c1ccc(N2C(=S)N(c3ccc(C#N)c(C(F)(F)F)c3)C(=O)C2(C)C)cc1F. The van der Waals surface area contributed by atoms with E-state index >= 15 is 0 Å². The fraction of sp³-hybridized carbons (Fsp3) is 0.318. The van der Waals surface area contributed by atoms with Crippen molar-refractivity contribution in [2.24, 2.45) is 0 Å². The number of anilines is 2. The molecule has 1 aliphatic heterocycles. The molecule has 4 nitrogen and oxygen atoms in total. The second-order valence-electron chi connectivity index (χ2n) is 8.02. The van der Waals surface area contributed by atoms with Gasteiger partial charge in [-0.15, -0.1) is 0 Å². The molecule has 0 spiro atoms. The monoisotopic (exact) mass is 449 g/mol. The molecule has 0 radical (unpaired) electrons. The lowest BCUT2D eigenvalue weighted by Crippen LogP contribution is -2.44. The predicted octanol–water partition coefficient (Wildman–Crippen LogP) is 5.76. The van der Waals surface area contributed by atoms with Gasteiger partial charge in [-0.05, 0) is 67.9 Å². The van der Waals surface area contributed by atoms with Crippen LogP contribution in [0.15, 0.2) is 36.4 Å². The Morgan fingerprint density at radius 1 is 1.10 bits per heavy atom. The van der Waals surface area contributed by atoms with E-state index in [0.717, 1.165) is 17.0 Å². The second kappa shape index (κ2) is 7.61. The zero-order chi connectivity index (χ0) is 23.3. The van der Waals surface area contributed by atoms with Crippen LogP contribution in [0, 0.1) is 17.1 Å². The Kier molecular flexibility index (Phi) is 5.57. The summed E-state index contributed by atoms with van der Waals surface area (Å²) in [7, 11) is 0. The number of carbonyl (C=O) groups excluding carboxylic acids is 1. The molecule has 31 heavy (non-hydrogen) atoms. The van der Waals surface area contributed by atoms with Gasteiger partial charge in [-0.1, -0.05) is 19.9 Å². The van der Waals surface area contributed by atoms with E-state index in [9.17, 15) is 22.4 Å². The summed E-state index contributed by atoms with van der Waals surface area (Å²) in [5.41, 5.74) is -2.29. The number of thiocarbonyl (C=S) groups is 1. The van der Waals surface area contributed by atoms with Crippen LogP contribution in [0.1, 0.15) is 50.3 Å². The van der Waals surface area contributed by atoms with E-state index < -0.39 is 34.6 Å². The average Bonchev–Trinajstić information content (AvgIpc) is 2.84. The van der Waals surface area contributed by atoms with Gasteiger partial charge in [0.25, 0.3) is 5.91 Å². The summed E-state index contributed by atoms with van der Waals surface area (Å²) in [5, 5.41) is 8.92. The van der Waals surface area contributed by atoms with Crippen LogP contribution in [-0.4, -0.2) is 16.6 Å². The number of amides is 1. The van der Waals surface area contributed by atoms with E-state index in [0.29, 0.717) is 11.3 Å². The van der Waals surface area contributed by atoms with Gasteiger partial charge in [-0.25, -0.2) is 4.39 Å². The zero-order valence-electron chi connectivity index (χ0n) is 17.2. The minimum atomic E-state index is -4.78. The maximum Gasteiger partial charge on any atom is 0.417 e. The average molecular weight is 449 g/mol. The van der Waals surface area contributed by atoms with Gasteiger partial charge < -0.3 is 4.90 Å². The molecule has 0 N–H and O–H groups in total. The van der Waals surface area contributed by atoms with Crippen molar-refractivity contribution in [1.29, 1.82) is 5.26 Å². The lowest BCUT2D eigenvalue weighted by atomic mass is 9.99. The van der Waals surface area contributed by atoms with Gasteiger partial charge in [0.05, 0.1) is 22.9 Å². The van der Waals surface area contributed by atoms with Gasteiger partial charge >= 0.3 is 6.18 Å². The zero-order valence-corrected chi connectivity index (χ0v) is 18.0. The lowest BCUT2D eigenvalue weighted by molar-refractivity contribution is -0.137. The first-order valence-corrected chi connectivity index (χ1v) is 9.81. The highest BCUT2D eigenvalue weighted by Gasteiger charge is 2.50. The molecule has 0 bridgehead atoms. The number of carbonyl (C=O) groups is 1. The number of hydrogen-bond acceptors (Lipinski definition) is 3. The Morgan fingerprint density at radius 2 is 1.71 bits per heavy atom. The highest BCUT2D eigenvalue weighted by molar-refractivity contribution is 7.81. The smallest absolute Gasteiger partial charge is 0.303 e. The van der Waals surface area contributed by atoms with Crippen molar-refractivity contribution in [1.82, 2.24) is 0 Å². The summed E-state index contributed by atoms with van der Waals surface area (Å²) >= 11 is 5.44. The van der Waals surface area contributed by atoms with E-state index in [1.807, 2.05) is 13.8 Å². The maximum absolute atomic E-state index is 14.6. The Balaban J connectivity index is 2.11. The minimum Gasteiger partial charge on any atom is -0.303 e.